The first kappa shape index (κ1) is 19.9. The maximum Gasteiger partial charge on any atom is 0.351 e. The molecule has 0 fully saturated rings. The number of hydrogen-bond acceptors (Lipinski definition) is 4. The molecule has 0 aliphatic heterocycles. The van der Waals surface area contributed by atoms with Gasteiger partial charge in [-0.05, 0) is 50.1 Å². The number of ketones is 1. The van der Waals surface area contributed by atoms with E-state index >= 15 is 0 Å². The van der Waals surface area contributed by atoms with Gasteiger partial charge in [0.1, 0.15) is 0 Å². The molecule has 3 aromatic carbocycles. The highest BCUT2D eigenvalue weighted by molar-refractivity contribution is 6.00. The molecule has 0 spiro atoms. The third-order valence-corrected chi connectivity index (χ3v) is 5.99. The fraction of sp³-hybridized carbons (Fsp3) is 0.154. The number of hydrogen-bond donors (Lipinski definition) is 0. The minimum absolute atomic E-state index is 0.122. The summed E-state index contributed by atoms with van der Waals surface area (Å²) in [6, 6.07) is 22.0. The van der Waals surface area contributed by atoms with Crippen LogP contribution in [0.5, 0.6) is 0 Å². The number of para-hydroxylation sites is 1. The van der Waals surface area contributed by atoms with Crippen LogP contribution in [-0.4, -0.2) is 24.9 Å². The summed E-state index contributed by atoms with van der Waals surface area (Å²) in [5.41, 5.74) is 4.31. The zero-order valence-corrected chi connectivity index (χ0v) is 18.1. The van der Waals surface area contributed by atoms with Crippen molar-refractivity contribution in [1.29, 1.82) is 0 Å². The molecule has 0 radical (unpaired) electrons. The molecule has 5 rings (SSSR count). The second kappa shape index (κ2) is 7.57. The van der Waals surface area contributed by atoms with Crippen molar-refractivity contribution in [3.05, 3.63) is 100.0 Å². The van der Waals surface area contributed by atoms with E-state index in [1.807, 2.05) is 86.6 Å². The van der Waals surface area contributed by atoms with Crippen molar-refractivity contribution >= 4 is 22.3 Å². The van der Waals surface area contributed by atoms with Crippen LogP contribution < -0.4 is 5.69 Å². The van der Waals surface area contributed by atoms with Gasteiger partial charge in [-0.25, -0.2) is 9.78 Å². The summed E-state index contributed by atoms with van der Waals surface area (Å²) >= 11 is 0. The summed E-state index contributed by atoms with van der Waals surface area (Å²) in [4.78, 5) is 31.6. The molecule has 0 amide bonds. The Morgan fingerprint density at radius 1 is 0.906 bits per heavy atom. The highest BCUT2D eigenvalue weighted by atomic mass is 16.2. The summed E-state index contributed by atoms with van der Waals surface area (Å²) in [7, 11) is 0. The standard InChI is InChI=1S/C26H22N4O2/c1-16-13-14-20(15-17(16)2)23(31)18(3)29-22-12-8-7-11-21(22)25-27-24(28-30(25)26(29)32)19-9-5-4-6-10-19/h4-15,18H,1-3H3/t18-/m1/s1. The molecule has 2 heterocycles. The van der Waals surface area contributed by atoms with Crippen molar-refractivity contribution in [3.8, 4) is 11.4 Å². The van der Waals surface area contributed by atoms with Gasteiger partial charge in [-0.2, -0.15) is 4.52 Å². The van der Waals surface area contributed by atoms with Crippen molar-refractivity contribution in [2.24, 2.45) is 0 Å². The first-order valence-electron chi connectivity index (χ1n) is 10.5. The summed E-state index contributed by atoms with van der Waals surface area (Å²) in [6.45, 7) is 5.74. The molecule has 0 aliphatic rings. The predicted molar refractivity (Wildman–Crippen MR) is 125 cm³/mol. The maximum atomic E-state index is 13.6. The van der Waals surface area contributed by atoms with Gasteiger partial charge >= 0.3 is 5.69 Å². The van der Waals surface area contributed by atoms with Gasteiger partial charge in [-0.1, -0.05) is 54.6 Å². The van der Waals surface area contributed by atoms with E-state index in [1.54, 1.807) is 6.92 Å². The predicted octanol–water partition coefficient (Wildman–Crippen LogP) is 4.77. The Hall–Kier alpha value is -4.06. The molecule has 0 aliphatic carbocycles. The molecular formula is C26H22N4O2. The smallest absolute Gasteiger partial charge is 0.292 e. The molecule has 0 saturated heterocycles. The Labute approximate surface area is 184 Å². The van der Waals surface area contributed by atoms with Crippen molar-refractivity contribution in [2.45, 2.75) is 26.8 Å². The normalized spacial score (nSPS) is 12.3. The summed E-state index contributed by atoms with van der Waals surface area (Å²) in [5, 5.41) is 5.26. The Balaban J connectivity index is 1.73. The van der Waals surface area contributed by atoms with E-state index in [-0.39, 0.29) is 5.78 Å². The topological polar surface area (TPSA) is 69.3 Å². The van der Waals surface area contributed by atoms with Crippen LogP contribution >= 0.6 is 0 Å². The van der Waals surface area contributed by atoms with E-state index in [1.165, 1.54) is 9.08 Å². The SMILES string of the molecule is Cc1ccc(C(=O)[C@@H](C)n2c(=O)n3nc(-c4ccccc4)nc3c3ccccc32)cc1C. The fourth-order valence-electron chi connectivity index (χ4n) is 4.03. The number of rotatable bonds is 4. The van der Waals surface area contributed by atoms with E-state index in [2.05, 4.69) is 10.1 Å². The van der Waals surface area contributed by atoms with Crippen LogP contribution in [-0.2, 0) is 0 Å². The summed E-state index contributed by atoms with van der Waals surface area (Å²) < 4.78 is 2.82. The average molecular weight is 422 g/mol. The average Bonchev–Trinajstić information content (AvgIpc) is 3.27. The Morgan fingerprint density at radius 3 is 2.38 bits per heavy atom. The highest BCUT2D eigenvalue weighted by Crippen LogP contribution is 2.24. The van der Waals surface area contributed by atoms with Crippen molar-refractivity contribution in [1.82, 2.24) is 19.2 Å². The summed E-state index contributed by atoms with van der Waals surface area (Å²) in [6.07, 6.45) is 0. The minimum atomic E-state index is -0.705. The van der Waals surface area contributed by atoms with E-state index < -0.39 is 11.7 Å². The van der Waals surface area contributed by atoms with Gasteiger partial charge in [-0.15, -0.1) is 5.10 Å². The van der Waals surface area contributed by atoms with Gasteiger partial charge in [0.2, 0.25) is 0 Å². The molecule has 32 heavy (non-hydrogen) atoms. The Morgan fingerprint density at radius 2 is 1.62 bits per heavy atom. The Bertz CT molecular complexity index is 1550. The van der Waals surface area contributed by atoms with Gasteiger partial charge in [-0.3, -0.25) is 9.36 Å². The lowest BCUT2D eigenvalue weighted by atomic mass is 10.00. The number of aromatic nitrogens is 4. The van der Waals surface area contributed by atoms with Crippen LogP contribution in [0.2, 0.25) is 0 Å². The molecule has 0 saturated carbocycles. The lowest BCUT2D eigenvalue weighted by Crippen LogP contribution is -2.33. The summed E-state index contributed by atoms with van der Waals surface area (Å²) in [5.74, 6) is 0.349. The van der Waals surface area contributed by atoms with Crippen LogP contribution in [0.3, 0.4) is 0 Å². The monoisotopic (exact) mass is 422 g/mol. The van der Waals surface area contributed by atoms with Gasteiger partial charge in [0.25, 0.3) is 0 Å². The quantitative estimate of drug-likeness (QED) is 0.391. The van der Waals surface area contributed by atoms with E-state index in [0.717, 1.165) is 22.1 Å². The maximum absolute atomic E-state index is 13.6. The second-order valence-electron chi connectivity index (χ2n) is 8.05. The number of carbonyl (C=O) groups is 1. The van der Waals surface area contributed by atoms with Crippen LogP contribution in [0, 0.1) is 13.8 Å². The van der Waals surface area contributed by atoms with Crippen LogP contribution in [0.25, 0.3) is 27.9 Å². The second-order valence-corrected chi connectivity index (χ2v) is 8.05. The van der Waals surface area contributed by atoms with Gasteiger partial charge in [0, 0.05) is 16.5 Å². The molecule has 158 valence electrons. The first-order valence-corrected chi connectivity index (χ1v) is 10.5. The molecule has 1 atom stereocenters. The zero-order valence-electron chi connectivity index (χ0n) is 18.1. The molecule has 6 heteroatoms. The van der Waals surface area contributed by atoms with Crippen LogP contribution in [0.15, 0.2) is 77.6 Å². The molecule has 6 nitrogen and oxygen atoms in total. The number of carbonyl (C=O) groups excluding carboxylic acids is 1. The van der Waals surface area contributed by atoms with Crippen molar-refractivity contribution in [3.63, 3.8) is 0 Å². The molecule has 0 N–H and O–H groups in total. The lowest BCUT2D eigenvalue weighted by Gasteiger charge is -2.17. The Kier molecular flexibility index (Phi) is 4.70. The molecule has 2 aromatic heterocycles. The van der Waals surface area contributed by atoms with Gasteiger partial charge < -0.3 is 0 Å². The third-order valence-electron chi connectivity index (χ3n) is 5.99. The molecule has 0 unspecified atom stereocenters. The molecular weight excluding hydrogens is 400 g/mol. The fourth-order valence-corrected chi connectivity index (χ4v) is 4.03. The number of Topliss-reactive ketones (excluding diaryl/α,β-unsaturated/α-hetero) is 1. The number of aryl methyl sites for hydroxylation is 2. The van der Waals surface area contributed by atoms with E-state index in [9.17, 15) is 9.59 Å². The van der Waals surface area contributed by atoms with Crippen molar-refractivity contribution in [2.75, 3.05) is 0 Å². The minimum Gasteiger partial charge on any atom is -0.292 e. The zero-order chi connectivity index (χ0) is 22.4. The van der Waals surface area contributed by atoms with E-state index in [0.29, 0.717) is 22.6 Å². The molecule has 0 bridgehead atoms. The highest BCUT2D eigenvalue weighted by Gasteiger charge is 2.24. The van der Waals surface area contributed by atoms with Crippen LogP contribution in [0.1, 0.15) is 34.5 Å². The van der Waals surface area contributed by atoms with Crippen LogP contribution in [0.4, 0.5) is 0 Å². The van der Waals surface area contributed by atoms with Crippen molar-refractivity contribution < 1.29 is 4.79 Å². The molecule has 5 aromatic rings. The largest absolute Gasteiger partial charge is 0.351 e. The number of nitrogens with zero attached hydrogens (tertiary/aromatic N) is 4. The third kappa shape index (κ3) is 3.12. The number of benzene rings is 3. The van der Waals surface area contributed by atoms with E-state index in [4.69, 9.17) is 0 Å². The number of fused-ring (bicyclic) bond motifs is 3. The first-order chi connectivity index (χ1) is 15.5. The lowest BCUT2D eigenvalue weighted by molar-refractivity contribution is 0.0934. The van der Waals surface area contributed by atoms with Gasteiger partial charge in [0.15, 0.2) is 17.3 Å². The van der Waals surface area contributed by atoms with Gasteiger partial charge in [0.05, 0.1) is 11.6 Å².